The highest BCUT2D eigenvalue weighted by molar-refractivity contribution is 7.07. The molecule has 5 nitrogen and oxygen atoms in total. The van der Waals surface area contributed by atoms with Crippen LogP contribution >= 0.6 is 11.5 Å². The molecular formula is C12H9N3O2S. The Hall–Kier alpha value is -2.21. The number of aromatic nitrogens is 3. The van der Waals surface area contributed by atoms with Gasteiger partial charge in [0.2, 0.25) is 5.06 Å². The monoisotopic (exact) mass is 259 g/mol. The lowest BCUT2D eigenvalue weighted by Gasteiger charge is -1.98. The predicted octanol–water partition coefficient (Wildman–Crippen LogP) is 2.55. The summed E-state index contributed by atoms with van der Waals surface area (Å²) in [7, 11) is 0. The molecule has 1 N–H and O–H groups in total. The Morgan fingerprint density at radius 3 is 3.17 bits per heavy atom. The van der Waals surface area contributed by atoms with Gasteiger partial charge in [-0.15, -0.1) is 0 Å². The zero-order chi connectivity index (χ0) is 12.5. The molecule has 0 fully saturated rings. The van der Waals surface area contributed by atoms with Crippen LogP contribution in [0, 0.1) is 6.92 Å². The van der Waals surface area contributed by atoms with Crippen LogP contribution in [0.5, 0.6) is 5.06 Å². The number of ether oxygens (including phenoxy) is 1. The molecule has 0 atom stereocenters. The maximum atomic E-state index is 12.0. The lowest BCUT2D eigenvalue weighted by Crippen LogP contribution is -2.07. The van der Waals surface area contributed by atoms with E-state index in [-0.39, 0.29) is 0 Å². The Balaban J connectivity index is 1.92. The topological polar surface area (TPSA) is 67.9 Å². The van der Waals surface area contributed by atoms with E-state index < -0.39 is 5.97 Å². The molecule has 0 aliphatic rings. The molecule has 3 rings (SSSR count). The molecule has 3 heterocycles. The summed E-state index contributed by atoms with van der Waals surface area (Å²) in [6.45, 7) is 1.85. The van der Waals surface area contributed by atoms with Crippen molar-refractivity contribution in [3.63, 3.8) is 0 Å². The van der Waals surface area contributed by atoms with E-state index in [0.29, 0.717) is 16.1 Å². The number of H-pyrrole nitrogens is 1. The van der Waals surface area contributed by atoms with E-state index in [1.54, 1.807) is 24.5 Å². The SMILES string of the molecule is Cc1cc(OC(=O)c2c[nH]c3cccnc23)sn1. The van der Waals surface area contributed by atoms with Crippen LogP contribution in [0.25, 0.3) is 11.0 Å². The lowest BCUT2D eigenvalue weighted by atomic mass is 10.3. The Bertz CT molecular complexity index is 717. The smallest absolute Gasteiger partial charge is 0.348 e. The van der Waals surface area contributed by atoms with Gasteiger partial charge in [-0.25, -0.2) is 4.79 Å². The fourth-order valence-electron chi connectivity index (χ4n) is 1.64. The number of nitrogens with one attached hydrogen (secondary N) is 1. The summed E-state index contributed by atoms with van der Waals surface area (Å²) in [5.74, 6) is -0.427. The molecule has 0 radical (unpaired) electrons. The number of aryl methyl sites for hydroxylation is 1. The van der Waals surface area contributed by atoms with Gasteiger partial charge in [0.05, 0.1) is 11.2 Å². The van der Waals surface area contributed by atoms with Gasteiger partial charge in [-0.1, -0.05) is 0 Å². The maximum absolute atomic E-state index is 12.0. The van der Waals surface area contributed by atoms with Crippen molar-refractivity contribution in [1.29, 1.82) is 0 Å². The number of aromatic amines is 1. The Morgan fingerprint density at radius 2 is 2.39 bits per heavy atom. The third-order valence-electron chi connectivity index (χ3n) is 2.45. The van der Waals surface area contributed by atoms with Crippen LogP contribution in [0.3, 0.4) is 0 Å². The second-order valence-corrected chi connectivity index (χ2v) is 4.55. The van der Waals surface area contributed by atoms with Crippen LogP contribution in [0.2, 0.25) is 0 Å². The molecule has 0 unspecified atom stereocenters. The van der Waals surface area contributed by atoms with Gasteiger partial charge in [-0.3, -0.25) is 4.98 Å². The third-order valence-corrected chi connectivity index (χ3v) is 3.21. The largest absolute Gasteiger partial charge is 0.410 e. The van der Waals surface area contributed by atoms with Gasteiger partial charge < -0.3 is 9.72 Å². The van der Waals surface area contributed by atoms with Crippen molar-refractivity contribution in [3.05, 3.63) is 41.9 Å². The van der Waals surface area contributed by atoms with Crippen LogP contribution in [0.4, 0.5) is 0 Å². The van der Waals surface area contributed by atoms with E-state index in [4.69, 9.17) is 4.74 Å². The molecule has 90 valence electrons. The third kappa shape index (κ3) is 1.86. The summed E-state index contributed by atoms with van der Waals surface area (Å²) in [4.78, 5) is 19.1. The van der Waals surface area contributed by atoms with E-state index in [2.05, 4.69) is 14.3 Å². The maximum Gasteiger partial charge on any atom is 0.348 e. The molecule has 0 aromatic carbocycles. The Kier molecular flexibility index (Phi) is 2.56. The van der Waals surface area contributed by atoms with Gasteiger partial charge in [0.15, 0.2) is 0 Å². The van der Waals surface area contributed by atoms with E-state index in [0.717, 1.165) is 22.7 Å². The minimum atomic E-state index is -0.427. The molecule has 0 bridgehead atoms. The predicted molar refractivity (Wildman–Crippen MR) is 67.9 cm³/mol. The lowest BCUT2D eigenvalue weighted by molar-refractivity contribution is 0.0742. The first-order valence-corrected chi connectivity index (χ1v) is 6.09. The van der Waals surface area contributed by atoms with Crippen molar-refractivity contribution in [2.24, 2.45) is 0 Å². The fraction of sp³-hybridized carbons (Fsp3) is 0.0833. The van der Waals surface area contributed by atoms with Gasteiger partial charge in [0.25, 0.3) is 0 Å². The highest BCUT2D eigenvalue weighted by atomic mass is 32.1. The van der Waals surface area contributed by atoms with Crippen LogP contribution < -0.4 is 4.74 Å². The highest BCUT2D eigenvalue weighted by Crippen LogP contribution is 2.22. The summed E-state index contributed by atoms with van der Waals surface area (Å²) in [6.07, 6.45) is 3.25. The number of pyridine rings is 1. The quantitative estimate of drug-likeness (QED) is 0.718. The molecule has 0 saturated heterocycles. The van der Waals surface area contributed by atoms with E-state index in [1.807, 2.05) is 13.0 Å². The van der Waals surface area contributed by atoms with Crippen LogP contribution in [-0.4, -0.2) is 20.3 Å². The number of fused-ring (bicyclic) bond motifs is 1. The molecule has 0 saturated carbocycles. The molecule has 0 aliphatic carbocycles. The summed E-state index contributed by atoms with van der Waals surface area (Å²) in [6, 6.07) is 5.39. The average Bonchev–Trinajstić information content (AvgIpc) is 2.95. The number of carbonyl (C=O) groups excluding carboxylic acids is 1. The first-order chi connectivity index (χ1) is 8.74. The van der Waals surface area contributed by atoms with Crippen molar-refractivity contribution in [2.45, 2.75) is 6.92 Å². The van der Waals surface area contributed by atoms with Gasteiger partial charge >= 0.3 is 5.97 Å². The van der Waals surface area contributed by atoms with Gasteiger partial charge in [0, 0.05) is 30.0 Å². The number of hydrogen-bond acceptors (Lipinski definition) is 5. The normalized spacial score (nSPS) is 10.7. The molecule has 6 heteroatoms. The Morgan fingerprint density at radius 1 is 1.50 bits per heavy atom. The van der Waals surface area contributed by atoms with Crippen molar-refractivity contribution in [2.75, 3.05) is 0 Å². The minimum absolute atomic E-state index is 0.427. The average molecular weight is 259 g/mol. The van der Waals surface area contributed by atoms with E-state index in [1.165, 1.54) is 0 Å². The summed E-state index contributed by atoms with van der Waals surface area (Å²) < 4.78 is 9.30. The van der Waals surface area contributed by atoms with Gasteiger partial charge in [-0.2, -0.15) is 4.37 Å². The molecule has 0 spiro atoms. The molecule has 18 heavy (non-hydrogen) atoms. The summed E-state index contributed by atoms with van der Waals surface area (Å²) in [5, 5.41) is 0.489. The van der Waals surface area contributed by atoms with Crippen molar-refractivity contribution in [3.8, 4) is 5.06 Å². The van der Waals surface area contributed by atoms with Crippen LogP contribution in [-0.2, 0) is 0 Å². The summed E-state index contributed by atoms with van der Waals surface area (Å²) in [5.41, 5.74) is 2.69. The number of carbonyl (C=O) groups is 1. The number of rotatable bonds is 2. The fourth-order valence-corrected chi connectivity index (χ4v) is 2.27. The van der Waals surface area contributed by atoms with Gasteiger partial charge in [0.1, 0.15) is 11.1 Å². The van der Waals surface area contributed by atoms with Crippen LogP contribution in [0.15, 0.2) is 30.6 Å². The highest BCUT2D eigenvalue weighted by Gasteiger charge is 2.16. The molecular weight excluding hydrogens is 250 g/mol. The first kappa shape index (κ1) is 10.9. The van der Waals surface area contributed by atoms with E-state index in [9.17, 15) is 4.79 Å². The standard InChI is InChI=1S/C12H9N3O2S/c1-7-5-10(18-15-7)17-12(16)8-6-14-9-3-2-4-13-11(8)9/h2-6,14H,1H3. The zero-order valence-corrected chi connectivity index (χ0v) is 10.3. The molecule has 3 aromatic rings. The minimum Gasteiger partial charge on any atom is -0.410 e. The number of hydrogen-bond donors (Lipinski definition) is 1. The van der Waals surface area contributed by atoms with Gasteiger partial charge in [-0.05, 0) is 19.1 Å². The molecule has 0 amide bonds. The van der Waals surface area contributed by atoms with E-state index >= 15 is 0 Å². The Labute approximate surface area is 107 Å². The van der Waals surface area contributed by atoms with Crippen LogP contribution in [0.1, 0.15) is 16.1 Å². The summed E-state index contributed by atoms with van der Waals surface area (Å²) >= 11 is 1.16. The second kappa shape index (κ2) is 4.23. The van der Waals surface area contributed by atoms with Crippen molar-refractivity contribution >= 4 is 28.5 Å². The number of nitrogens with zero attached hydrogens (tertiary/aromatic N) is 2. The second-order valence-electron chi connectivity index (χ2n) is 3.78. The van der Waals surface area contributed by atoms with Crippen molar-refractivity contribution in [1.82, 2.24) is 14.3 Å². The number of esters is 1. The molecule has 0 aliphatic heterocycles. The zero-order valence-electron chi connectivity index (χ0n) is 9.51. The first-order valence-electron chi connectivity index (χ1n) is 5.31. The van der Waals surface area contributed by atoms with Crippen molar-refractivity contribution < 1.29 is 9.53 Å². The molecule has 3 aromatic heterocycles.